The van der Waals surface area contributed by atoms with Gasteiger partial charge in [-0.2, -0.15) is 0 Å². The molecule has 20 heavy (non-hydrogen) atoms. The average Bonchev–Trinajstić information content (AvgIpc) is 2.94. The number of rotatable bonds is 4. The highest BCUT2D eigenvalue weighted by atomic mass is 127. The summed E-state index contributed by atoms with van der Waals surface area (Å²) < 4.78 is 12.8. The van der Waals surface area contributed by atoms with E-state index in [1.165, 1.54) is 17.0 Å². The summed E-state index contributed by atoms with van der Waals surface area (Å²) in [6.45, 7) is 1.37. The molecule has 6 heteroatoms. The molecule has 0 atom stereocenters. The number of thiophene rings is 1. The van der Waals surface area contributed by atoms with Crippen LogP contribution in [0.1, 0.15) is 10.4 Å². The van der Waals surface area contributed by atoms with Gasteiger partial charge in [0, 0.05) is 18.5 Å². The van der Waals surface area contributed by atoms with Crippen LogP contribution in [-0.2, 0) is 13.1 Å². The Balaban J connectivity index is 0.00000200. The van der Waals surface area contributed by atoms with E-state index in [0.29, 0.717) is 6.54 Å². The number of benzene rings is 1. The van der Waals surface area contributed by atoms with Crippen molar-refractivity contribution in [3.8, 4) is 0 Å². The third-order valence-corrected chi connectivity index (χ3v) is 3.48. The number of hydrogen-bond donors (Lipinski definition) is 2. The quantitative estimate of drug-likeness (QED) is 0.465. The van der Waals surface area contributed by atoms with E-state index in [1.54, 1.807) is 30.5 Å². The van der Waals surface area contributed by atoms with Crippen molar-refractivity contribution in [3.05, 3.63) is 58.0 Å². The topological polar surface area (TPSA) is 36.4 Å². The van der Waals surface area contributed by atoms with Crippen molar-refractivity contribution < 1.29 is 4.39 Å². The van der Waals surface area contributed by atoms with Gasteiger partial charge in [0.2, 0.25) is 0 Å². The van der Waals surface area contributed by atoms with E-state index in [0.717, 1.165) is 18.1 Å². The number of hydrogen-bond acceptors (Lipinski definition) is 2. The van der Waals surface area contributed by atoms with Gasteiger partial charge in [0.15, 0.2) is 5.96 Å². The minimum atomic E-state index is -0.219. The lowest BCUT2D eigenvalue weighted by molar-refractivity contribution is 0.626. The monoisotopic (exact) mass is 405 g/mol. The highest BCUT2D eigenvalue weighted by Gasteiger charge is 1.99. The molecule has 0 aliphatic heterocycles. The fourth-order valence-electron chi connectivity index (χ4n) is 1.59. The Kier molecular flexibility index (Phi) is 7.53. The molecule has 0 fully saturated rings. The standard InChI is InChI=1S/C14H16FN3S.HI/c1-16-14(18-10-13-3-2-8-19-13)17-9-11-4-6-12(15)7-5-11;/h2-8H,9-10H2,1H3,(H2,16,17,18);1H. The summed E-state index contributed by atoms with van der Waals surface area (Å²) >= 11 is 1.70. The number of guanidine groups is 1. The Labute approximate surface area is 139 Å². The van der Waals surface area contributed by atoms with Crippen molar-refractivity contribution in [3.63, 3.8) is 0 Å². The minimum absolute atomic E-state index is 0. The molecular weight excluding hydrogens is 388 g/mol. The molecule has 108 valence electrons. The van der Waals surface area contributed by atoms with E-state index in [9.17, 15) is 4.39 Å². The van der Waals surface area contributed by atoms with Gasteiger partial charge in [-0.1, -0.05) is 18.2 Å². The maximum Gasteiger partial charge on any atom is 0.191 e. The summed E-state index contributed by atoms with van der Waals surface area (Å²) in [6, 6.07) is 10.5. The fraction of sp³-hybridized carbons (Fsp3) is 0.214. The Morgan fingerprint density at radius 3 is 2.45 bits per heavy atom. The molecular formula is C14H17FIN3S. The third kappa shape index (κ3) is 5.46. The van der Waals surface area contributed by atoms with Crippen LogP contribution in [0.5, 0.6) is 0 Å². The lowest BCUT2D eigenvalue weighted by Gasteiger charge is -2.11. The molecule has 0 radical (unpaired) electrons. The number of aliphatic imine (C=N–C) groups is 1. The average molecular weight is 405 g/mol. The smallest absolute Gasteiger partial charge is 0.191 e. The van der Waals surface area contributed by atoms with Crippen LogP contribution in [0.3, 0.4) is 0 Å². The summed E-state index contributed by atoms with van der Waals surface area (Å²) in [4.78, 5) is 5.40. The summed E-state index contributed by atoms with van der Waals surface area (Å²) in [5.74, 6) is 0.515. The van der Waals surface area contributed by atoms with Crippen LogP contribution in [0, 0.1) is 5.82 Å². The van der Waals surface area contributed by atoms with Crippen LogP contribution in [0.25, 0.3) is 0 Å². The molecule has 3 nitrogen and oxygen atoms in total. The molecule has 0 amide bonds. The number of nitrogens with one attached hydrogen (secondary N) is 2. The molecule has 0 saturated carbocycles. The predicted octanol–water partition coefficient (Wildman–Crippen LogP) is 3.37. The zero-order valence-electron chi connectivity index (χ0n) is 11.1. The highest BCUT2D eigenvalue weighted by molar-refractivity contribution is 14.0. The van der Waals surface area contributed by atoms with Crippen LogP contribution in [0.2, 0.25) is 0 Å². The molecule has 0 spiro atoms. The second-order valence-corrected chi connectivity index (χ2v) is 5.02. The van der Waals surface area contributed by atoms with Crippen molar-refractivity contribution in [2.45, 2.75) is 13.1 Å². The second-order valence-electron chi connectivity index (χ2n) is 3.99. The first-order valence-electron chi connectivity index (χ1n) is 5.99. The van der Waals surface area contributed by atoms with Crippen molar-refractivity contribution in [2.24, 2.45) is 4.99 Å². The molecule has 1 aromatic heterocycles. The summed E-state index contributed by atoms with van der Waals surface area (Å²) in [6.07, 6.45) is 0. The van der Waals surface area contributed by atoms with Gasteiger partial charge in [0.25, 0.3) is 0 Å². The van der Waals surface area contributed by atoms with Gasteiger partial charge in [-0.3, -0.25) is 4.99 Å². The molecule has 2 N–H and O–H groups in total. The zero-order chi connectivity index (χ0) is 13.5. The normalized spacial score (nSPS) is 10.8. The first kappa shape index (κ1) is 16.9. The van der Waals surface area contributed by atoms with Crippen molar-refractivity contribution in [1.29, 1.82) is 0 Å². The van der Waals surface area contributed by atoms with Gasteiger partial charge in [-0.25, -0.2) is 4.39 Å². The van der Waals surface area contributed by atoms with E-state index in [2.05, 4.69) is 21.7 Å². The van der Waals surface area contributed by atoms with Crippen molar-refractivity contribution >= 4 is 41.3 Å². The minimum Gasteiger partial charge on any atom is -0.352 e. The third-order valence-electron chi connectivity index (χ3n) is 2.61. The van der Waals surface area contributed by atoms with Crippen LogP contribution < -0.4 is 10.6 Å². The van der Waals surface area contributed by atoms with Gasteiger partial charge in [-0.15, -0.1) is 35.3 Å². The Bertz CT molecular complexity index is 526. The molecule has 2 rings (SSSR count). The maximum absolute atomic E-state index is 12.8. The summed E-state index contributed by atoms with van der Waals surface area (Å²) in [7, 11) is 1.73. The SMILES string of the molecule is CN=C(NCc1ccc(F)cc1)NCc1cccs1.I. The lowest BCUT2D eigenvalue weighted by atomic mass is 10.2. The molecule has 1 heterocycles. The van der Waals surface area contributed by atoms with E-state index in [-0.39, 0.29) is 29.8 Å². The van der Waals surface area contributed by atoms with E-state index < -0.39 is 0 Å². The van der Waals surface area contributed by atoms with E-state index in [4.69, 9.17) is 0 Å². The van der Waals surface area contributed by atoms with Crippen LogP contribution in [0.15, 0.2) is 46.8 Å². The molecule has 2 aromatic rings. The maximum atomic E-state index is 12.8. The molecule has 0 unspecified atom stereocenters. The predicted molar refractivity (Wildman–Crippen MR) is 93.2 cm³/mol. The zero-order valence-corrected chi connectivity index (χ0v) is 14.2. The first-order valence-corrected chi connectivity index (χ1v) is 6.87. The Morgan fingerprint density at radius 2 is 1.85 bits per heavy atom. The lowest BCUT2D eigenvalue weighted by Crippen LogP contribution is -2.36. The summed E-state index contributed by atoms with van der Waals surface area (Å²) in [5, 5.41) is 8.46. The van der Waals surface area contributed by atoms with Gasteiger partial charge in [0.1, 0.15) is 5.82 Å². The van der Waals surface area contributed by atoms with Crippen LogP contribution in [0.4, 0.5) is 4.39 Å². The Morgan fingerprint density at radius 1 is 1.15 bits per heavy atom. The second kappa shape index (κ2) is 8.91. The molecule has 0 saturated heterocycles. The fourth-order valence-corrected chi connectivity index (χ4v) is 2.24. The molecule has 0 aliphatic carbocycles. The van der Waals surface area contributed by atoms with Crippen LogP contribution in [-0.4, -0.2) is 13.0 Å². The number of halogens is 2. The van der Waals surface area contributed by atoms with Gasteiger partial charge >= 0.3 is 0 Å². The molecule has 1 aromatic carbocycles. The largest absolute Gasteiger partial charge is 0.352 e. The van der Waals surface area contributed by atoms with Crippen molar-refractivity contribution in [2.75, 3.05) is 7.05 Å². The first-order chi connectivity index (χ1) is 9.28. The van der Waals surface area contributed by atoms with Crippen LogP contribution >= 0.6 is 35.3 Å². The summed E-state index contributed by atoms with van der Waals surface area (Å²) in [5.41, 5.74) is 1.01. The Hall–Kier alpha value is -1.15. The van der Waals surface area contributed by atoms with Gasteiger partial charge in [-0.05, 0) is 29.1 Å². The highest BCUT2D eigenvalue weighted by Crippen LogP contribution is 2.07. The molecule has 0 aliphatic rings. The molecule has 0 bridgehead atoms. The van der Waals surface area contributed by atoms with Crippen molar-refractivity contribution in [1.82, 2.24) is 10.6 Å². The van der Waals surface area contributed by atoms with Gasteiger partial charge < -0.3 is 10.6 Å². The van der Waals surface area contributed by atoms with E-state index in [1.807, 2.05) is 11.4 Å². The van der Waals surface area contributed by atoms with Gasteiger partial charge in [0.05, 0.1) is 6.54 Å². The van der Waals surface area contributed by atoms with E-state index >= 15 is 0 Å². The number of nitrogens with zero attached hydrogens (tertiary/aromatic N) is 1.